The largest absolute Gasteiger partial charge is 0.493 e. The van der Waals surface area contributed by atoms with E-state index in [4.69, 9.17) is 14.2 Å². The summed E-state index contributed by atoms with van der Waals surface area (Å²) in [6.45, 7) is 3.91. The third-order valence-corrected chi connectivity index (χ3v) is 3.73. The molecule has 1 N–H and O–H groups in total. The Morgan fingerprint density at radius 1 is 1.11 bits per heavy atom. The van der Waals surface area contributed by atoms with Crippen LogP contribution in [0.4, 0.5) is 4.39 Å². The number of rotatable bonds is 8. The molecule has 0 saturated carbocycles. The van der Waals surface area contributed by atoms with Gasteiger partial charge < -0.3 is 19.5 Å². The summed E-state index contributed by atoms with van der Waals surface area (Å²) in [5, 5.41) is 2.64. The predicted molar refractivity (Wildman–Crippen MR) is 97.3 cm³/mol. The average Bonchev–Trinajstić information content (AvgIpc) is 2.67. The van der Waals surface area contributed by atoms with Gasteiger partial charge in [-0.1, -0.05) is 12.1 Å². The van der Waals surface area contributed by atoms with E-state index in [2.05, 4.69) is 5.32 Å². The normalized spacial score (nSPS) is 11.4. The predicted octanol–water partition coefficient (Wildman–Crippen LogP) is 3.09. The monoisotopic (exact) mass is 375 g/mol. The van der Waals surface area contributed by atoms with E-state index in [1.807, 2.05) is 6.92 Å². The van der Waals surface area contributed by atoms with Crippen LogP contribution in [0.25, 0.3) is 0 Å². The summed E-state index contributed by atoms with van der Waals surface area (Å²) in [6.07, 6.45) is -0.990. The first-order valence-corrected chi connectivity index (χ1v) is 8.48. The molecule has 0 aliphatic carbocycles. The van der Waals surface area contributed by atoms with E-state index in [-0.39, 0.29) is 17.9 Å². The van der Waals surface area contributed by atoms with Crippen molar-refractivity contribution >= 4 is 11.9 Å². The summed E-state index contributed by atoms with van der Waals surface area (Å²) in [7, 11) is 1.50. The van der Waals surface area contributed by atoms with Crippen molar-refractivity contribution in [3.8, 4) is 11.5 Å². The fraction of sp³-hybridized carbons (Fsp3) is 0.300. The molecule has 6 nitrogen and oxygen atoms in total. The van der Waals surface area contributed by atoms with E-state index in [0.717, 1.165) is 5.56 Å². The molecule has 1 amide bonds. The van der Waals surface area contributed by atoms with Crippen molar-refractivity contribution in [2.45, 2.75) is 26.5 Å². The molecule has 0 bridgehead atoms. The first-order valence-electron chi connectivity index (χ1n) is 8.48. The lowest BCUT2D eigenvalue weighted by atomic mass is 10.2. The molecular formula is C20H22FNO5. The zero-order valence-corrected chi connectivity index (χ0v) is 15.5. The molecular weight excluding hydrogens is 353 g/mol. The van der Waals surface area contributed by atoms with Crippen LogP contribution in [-0.4, -0.2) is 31.7 Å². The maximum absolute atomic E-state index is 12.9. The van der Waals surface area contributed by atoms with E-state index in [1.165, 1.54) is 38.3 Å². The lowest BCUT2D eigenvalue weighted by Gasteiger charge is -2.15. The van der Waals surface area contributed by atoms with Gasteiger partial charge in [0.15, 0.2) is 17.6 Å². The molecule has 0 spiro atoms. The Kier molecular flexibility index (Phi) is 7.16. The second-order valence-electron chi connectivity index (χ2n) is 5.69. The van der Waals surface area contributed by atoms with E-state index in [0.29, 0.717) is 18.1 Å². The van der Waals surface area contributed by atoms with Gasteiger partial charge in [0.1, 0.15) is 5.82 Å². The smallest absolute Gasteiger partial charge is 0.339 e. The van der Waals surface area contributed by atoms with Crippen molar-refractivity contribution in [3.05, 3.63) is 59.4 Å². The van der Waals surface area contributed by atoms with Crippen molar-refractivity contribution in [2.75, 3.05) is 13.7 Å². The Balaban J connectivity index is 1.94. The number of amides is 1. The van der Waals surface area contributed by atoms with Crippen LogP contribution in [0, 0.1) is 5.82 Å². The number of ether oxygens (including phenoxy) is 3. The number of hydrogen-bond acceptors (Lipinski definition) is 5. The Morgan fingerprint density at radius 3 is 2.44 bits per heavy atom. The Labute approximate surface area is 157 Å². The van der Waals surface area contributed by atoms with Crippen LogP contribution in [-0.2, 0) is 16.1 Å². The van der Waals surface area contributed by atoms with Gasteiger partial charge in [0.25, 0.3) is 5.91 Å². The van der Waals surface area contributed by atoms with Crippen LogP contribution in [0.1, 0.15) is 29.8 Å². The maximum atomic E-state index is 12.9. The first kappa shape index (κ1) is 20.2. The highest BCUT2D eigenvalue weighted by molar-refractivity contribution is 5.92. The molecule has 2 rings (SSSR count). The van der Waals surface area contributed by atoms with E-state index >= 15 is 0 Å². The molecule has 144 valence electrons. The van der Waals surface area contributed by atoms with Gasteiger partial charge in [-0.3, -0.25) is 4.79 Å². The van der Waals surface area contributed by atoms with Gasteiger partial charge in [-0.2, -0.15) is 0 Å². The number of methoxy groups -OCH3 is 1. The van der Waals surface area contributed by atoms with Gasteiger partial charge in [-0.25, -0.2) is 9.18 Å². The summed E-state index contributed by atoms with van der Waals surface area (Å²) in [5.41, 5.74) is 0.984. The highest BCUT2D eigenvalue weighted by Crippen LogP contribution is 2.28. The van der Waals surface area contributed by atoms with Gasteiger partial charge in [-0.15, -0.1) is 0 Å². The van der Waals surface area contributed by atoms with Gasteiger partial charge in [0.2, 0.25) is 0 Å². The number of esters is 1. The summed E-state index contributed by atoms with van der Waals surface area (Å²) < 4.78 is 28.7. The third-order valence-electron chi connectivity index (χ3n) is 3.73. The molecule has 27 heavy (non-hydrogen) atoms. The number of hydrogen-bond donors (Lipinski definition) is 1. The SMILES string of the molecule is CCOc1cc(C(=O)OC(C)C(=O)NCc2ccc(F)cc2)ccc1OC. The fourth-order valence-electron chi connectivity index (χ4n) is 2.29. The van der Waals surface area contributed by atoms with Gasteiger partial charge in [0.05, 0.1) is 19.3 Å². The van der Waals surface area contributed by atoms with Crippen molar-refractivity contribution in [2.24, 2.45) is 0 Å². The van der Waals surface area contributed by atoms with Crippen LogP contribution in [0.15, 0.2) is 42.5 Å². The van der Waals surface area contributed by atoms with Crippen LogP contribution >= 0.6 is 0 Å². The van der Waals surface area contributed by atoms with E-state index in [9.17, 15) is 14.0 Å². The second kappa shape index (κ2) is 9.56. The molecule has 0 heterocycles. The number of carbonyl (C=O) groups is 2. The Morgan fingerprint density at radius 2 is 1.81 bits per heavy atom. The first-order chi connectivity index (χ1) is 12.9. The molecule has 1 atom stereocenters. The number of nitrogens with one attached hydrogen (secondary N) is 1. The zero-order valence-electron chi connectivity index (χ0n) is 15.5. The maximum Gasteiger partial charge on any atom is 0.339 e. The minimum absolute atomic E-state index is 0.206. The van der Waals surface area contributed by atoms with Gasteiger partial charge in [0, 0.05) is 6.54 Å². The van der Waals surface area contributed by atoms with Gasteiger partial charge in [-0.05, 0) is 49.7 Å². The Hall–Kier alpha value is -3.09. The van der Waals surface area contributed by atoms with Crippen molar-refractivity contribution in [1.82, 2.24) is 5.32 Å². The average molecular weight is 375 g/mol. The Bertz CT molecular complexity index is 791. The van der Waals surface area contributed by atoms with Crippen LogP contribution in [0.5, 0.6) is 11.5 Å². The van der Waals surface area contributed by atoms with Crippen molar-refractivity contribution in [1.29, 1.82) is 0 Å². The minimum Gasteiger partial charge on any atom is -0.493 e. The van der Waals surface area contributed by atoms with Crippen LogP contribution < -0.4 is 14.8 Å². The highest BCUT2D eigenvalue weighted by Gasteiger charge is 2.20. The lowest BCUT2D eigenvalue weighted by molar-refractivity contribution is -0.129. The molecule has 0 radical (unpaired) electrons. The molecule has 0 aliphatic heterocycles. The highest BCUT2D eigenvalue weighted by atomic mass is 19.1. The molecule has 0 aromatic heterocycles. The molecule has 0 fully saturated rings. The summed E-state index contributed by atoms with van der Waals surface area (Å²) in [6, 6.07) is 10.4. The quantitative estimate of drug-likeness (QED) is 0.718. The fourth-order valence-corrected chi connectivity index (χ4v) is 2.29. The van der Waals surface area contributed by atoms with Crippen LogP contribution in [0.2, 0.25) is 0 Å². The molecule has 2 aromatic rings. The summed E-state index contributed by atoms with van der Waals surface area (Å²) >= 11 is 0. The molecule has 2 aromatic carbocycles. The summed E-state index contributed by atoms with van der Waals surface area (Å²) in [4.78, 5) is 24.4. The number of carbonyl (C=O) groups excluding carboxylic acids is 2. The lowest BCUT2D eigenvalue weighted by Crippen LogP contribution is -2.35. The zero-order chi connectivity index (χ0) is 19.8. The molecule has 7 heteroatoms. The third kappa shape index (κ3) is 5.70. The minimum atomic E-state index is -0.990. The summed E-state index contributed by atoms with van der Waals surface area (Å²) in [5.74, 6) is -0.533. The second-order valence-corrected chi connectivity index (χ2v) is 5.69. The van der Waals surface area contributed by atoms with Crippen molar-refractivity contribution in [3.63, 3.8) is 0 Å². The van der Waals surface area contributed by atoms with E-state index in [1.54, 1.807) is 18.2 Å². The number of benzene rings is 2. The molecule has 0 aliphatic rings. The van der Waals surface area contributed by atoms with Gasteiger partial charge >= 0.3 is 5.97 Å². The standard InChI is InChI=1S/C20H22FNO5/c1-4-26-18-11-15(7-10-17(18)25-3)20(24)27-13(2)19(23)22-12-14-5-8-16(21)9-6-14/h5-11,13H,4,12H2,1-3H3,(H,22,23). The van der Waals surface area contributed by atoms with E-state index < -0.39 is 18.0 Å². The van der Waals surface area contributed by atoms with Crippen molar-refractivity contribution < 1.29 is 28.2 Å². The number of halogens is 1. The van der Waals surface area contributed by atoms with Crippen LogP contribution in [0.3, 0.4) is 0 Å². The molecule has 1 unspecified atom stereocenters. The topological polar surface area (TPSA) is 73.9 Å². The molecule has 0 saturated heterocycles.